The summed E-state index contributed by atoms with van der Waals surface area (Å²) < 4.78 is 16.4. The number of aromatic amines is 1. The van der Waals surface area contributed by atoms with Gasteiger partial charge in [-0.25, -0.2) is 0 Å². The largest absolute Gasteiger partial charge is 0.504 e. The van der Waals surface area contributed by atoms with Crippen molar-refractivity contribution in [2.24, 2.45) is 0 Å². The molecule has 1 aliphatic carbocycles. The molecule has 0 radical (unpaired) electrons. The number of carbonyl (C=O) groups excluding carboxylic acids is 1. The van der Waals surface area contributed by atoms with Crippen LogP contribution in [0.2, 0.25) is 0 Å². The average Bonchev–Trinajstić information content (AvgIpc) is 3.29. The van der Waals surface area contributed by atoms with Gasteiger partial charge in [-0.15, -0.1) is 0 Å². The number of hydrogen-bond donors (Lipinski definition) is 4. The summed E-state index contributed by atoms with van der Waals surface area (Å²) in [6, 6.07) is 11.5. The van der Waals surface area contributed by atoms with Gasteiger partial charge < -0.3 is 34.4 Å². The summed E-state index contributed by atoms with van der Waals surface area (Å²) in [5, 5.41) is 24.9. The van der Waals surface area contributed by atoms with E-state index in [1.807, 2.05) is 18.2 Å². The van der Waals surface area contributed by atoms with Crippen LogP contribution in [0.4, 0.5) is 0 Å². The molecule has 5 rings (SSSR count). The number of ether oxygens (including phenoxy) is 2. The summed E-state index contributed by atoms with van der Waals surface area (Å²) in [6.45, 7) is 1.60. The number of rotatable bonds is 7. The third-order valence-corrected chi connectivity index (χ3v) is 7.13. The third kappa shape index (κ3) is 4.67. The van der Waals surface area contributed by atoms with Crippen LogP contribution in [0.3, 0.4) is 0 Å². The van der Waals surface area contributed by atoms with Crippen molar-refractivity contribution in [3.63, 3.8) is 0 Å². The molecule has 0 spiro atoms. The molecule has 0 bridgehead atoms. The van der Waals surface area contributed by atoms with Crippen LogP contribution in [0.5, 0.6) is 23.0 Å². The first-order valence-corrected chi connectivity index (χ1v) is 12.5. The Morgan fingerprint density at radius 3 is 2.74 bits per heavy atom. The summed E-state index contributed by atoms with van der Waals surface area (Å²) >= 11 is 0. The highest BCUT2D eigenvalue weighted by Gasteiger charge is 2.30. The molecule has 0 aliphatic heterocycles. The van der Waals surface area contributed by atoms with Gasteiger partial charge in [-0.05, 0) is 67.6 Å². The molecule has 9 heteroatoms. The van der Waals surface area contributed by atoms with E-state index in [9.17, 15) is 19.8 Å². The fourth-order valence-corrected chi connectivity index (χ4v) is 5.29. The Bertz CT molecular complexity index is 1570. The van der Waals surface area contributed by atoms with E-state index in [4.69, 9.17) is 13.9 Å². The van der Waals surface area contributed by atoms with E-state index in [1.54, 1.807) is 26.2 Å². The van der Waals surface area contributed by atoms with Gasteiger partial charge in [0, 0.05) is 29.1 Å². The lowest BCUT2D eigenvalue weighted by molar-refractivity contribution is -0.122. The number of phenolic OH excluding ortho intramolecular Hbond substituents is 1. The maximum Gasteiger partial charge on any atom is 0.227 e. The molecule has 198 valence electrons. The molecule has 2 aromatic carbocycles. The van der Waals surface area contributed by atoms with E-state index < -0.39 is 17.1 Å². The van der Waals surface area contributed by atoms with Crippen LogP contribution in [-0.4, -0.2) is 35.3 Å². The first kappa shape index (κ1) is 25.3. The number of aromatic nitrogens is 1. The second-order valence-electron chi connectivity index (χ2n) is 9.56. The van der Waals surface area contributed by atoms with Crippen LogP contribution in [-0.2, 0) is 11.2 Å². The van der Waals surface area contributed by atoms with Gasteiger partial charge in [-0.2, -0.15) is 0 Å². The molecule has 1 aliphatic rings. The van der Waals surface area contributed by atoms with Crippen molar-refractivity contribution in [1.29, 1.82) is 0 Å². The molecular formula is C29H30N2O7. The van der Waals surface area contributed by atoms with E-state index >= 15 is 0 Å². The third-order valence-electron chi connectivity index (χ3n) is 7.13. The highest BCUT2D eigenvalue weighted by atomic mass is 16.5. The van der Waals surface area contributed by atoms with E-state index in [0.717, 1.165) is 47.2 Å². The minimum atomic E-state index is -0.799. The molecule has 0 saturated carbocycles. The topological polar surface area (TPSA) is 134 Å². The summed E-state index contributed by atoms with van der Waals surface area (Å²) in [4.78, 5) is 29.3. The second-order valence-corrected chi connectivity index (χ2v) is 9.56. The standard InChI is InChI=1S/C29H30N2O7/c1-15-11-24(33)28(35)29(38-15)19(16-7-10-23(32)25(12-16)37-3)14-26(34)30-22-6-4-5-18-20-13-17(36-2)8-9-21(20)31-27(18)22/h7-13,19,22,31-32,35H,4-6,14H2,1-3H3,(H,30,34)/t19-,22+/m0/s1. The molecule has 2 atom stereocenters. The van der Waals surface area contributed by atoms with Crippen LogP contribution in [0, 0.1) is 6.92 Å². The van der Waals surface area contributed by atoms with Gasteiger partial charge in [-0.3, -0.25) is 9.59 Å². The van der Waals surface area contributed by atoms with Crippen molar-refractivity contribution in [3.05, 3.63) is 81.0 Å². The molecule has 9 nitrogen and oxygen atoms in total. The van der Waals surface area contributed by atoms with Crippen LogP contribution in [0.1, 0.15) is 59.6 Å². The molecule has 0 unspecified atom stereocenters. The number of nitrogens with one attached hydrogen (secondary N) is 2. The predicted octanol–water partition coefficient (Wildman–Crippen LogP) is 4.57. The lowest BCUT2D eigenvalue weighted by Gasteiger charge is -2.25. The zero-order valence-corrected chi connectivity index (χ0v) is 21.5. The number of methoxy groups -OCH3 is 2. The van der Waals surface area contributed by atoms with E-state index in [0.29, 0.717) is 11.3 Å². The van der Waals surface area contributed by atoms with Crippen molar-refractivity contribution >= 4 is 16.8 Å². The van der Waals surface area contributed by atoms with Crippen molar-refractivity contribution in [3.8, 4) is 23.0 Å². The first-order chi connectivity index (χ1) is 18.3. The fourth-order valence-electron chi connectivity index (χ4n) is 5.29. The zero-order valence-electron chi connectivity index (χ0n) is 21.5. The number of phenols is 1. The summed E-state index contributed by atoms with van der Waals surface area (Å²) in [6.07, 6.45) is 2.47. The van der Waals surface area contributed by atoms with E-state index in [1.165, 1.54) is 19.2 Å². The number of carbonyl (C=O) groups is 1. The first-order valence-electron chi connectivity index (χ1n) is 12.5. The quantitative estimate of drug-likeness (QED) is 0.281. The molecule has 4 aromatic rings. The molecule has 0 saturated heterocycles. The fraction of sp³-hybridized carbons (Fsp3) is 0.310. The summed E-state index contributed by atoms with van der Waals surface area (Å²) in [7, 11) is 3.05. The van der Waals surface area contributed by atoms with E-state index in [2.05, 4.69) is 10.3 Å². The molecule has 0 fully saturated rings. The minimum absolute atomic E-state index is 0.0140. The number of fused-ring (bicyclic) bond motifs is 3. The monoisotopic (exact) mass is 518 g/mol. The molecule has 38 heavy (non-hydrogen) atoms. The van der Waals surface area contributed by atoms with Crippen molar-refractivity contribution in [1.82, 2.24) is 10.3 Å². The van der Waals surface area contributed by atoms with Gasteiger partial charge in [0.25, 0.3) is 0 Å². The lowest BCUT2D eigenvalue weighted by atomic mass is 9.89. The van der Waals surface area contributed by atoms with Crippen molar-refractivity contribution in [2.75, 3.05) is 14.2 Å². The second kappa shape index (κ2) is 10.2. The molecule has 2 heterocycles. The van der Waals surface area contributed by atoms with Crippen LogP contribution in [0.15, 0.2) is 51.7 Å². The number of amides is 1. The van der Waals surface area contributed by atoms with Crippen molar-refractivity contribution in [2.45, 2.75) is 44.6 Å². The Kier molecular flexibility index (Phi) is 6.75. The Labute approximate surface area is 219 Å². The SMILES string of the molecule is COc1ccc2[nH]c3c(c2c1)CCC[C@H]3NC(=O)C[C@@H](c1ccc(O)c(OC)c1)c1oc(C)cc(=O)c1O. The van der Waals surface area contributed by atoms with Gasteiger partial charge >= 0.3 is 0 Å². The molecule has 1 amide bonds. The minimum Gasteiger partial charge on any atom is -0.504 e. The normalized spacial score (nSPS) is 15.6. The number of H-pyrrole nitrogens is 1. The Morgan fingerprint density at radius 1 is 1.16 bits per heavy atom. The predicted molar refractivity (Wildman–Crippen MR) is 141 cm³/mol. The molecular weight excluding hydrogens is 488 g/mol. The van der Waals surface area contributed by atoms with Gasteiger partial charge in [-0.1, -0.05) is 6.07 Å². The smallest absolute Gasteiger partial charge is 0.227 e. The Hall–Kier alpha value is -4.40. The molecule has 4 N–H and O–H groups in total. The number of benzene rings is 2. The zero-order chi connectivity index (χ0) is 27.0. The number of aryl methyl sites for hydroxylation is 2. The van der Waals surface area contributed by atoms with Gasteiger partial charge in [0.2, 0.25) is 17.1 Å². The maximum absolute atomic E-state index is 13.5. The number of aromatic hydroxyl groups is 2. The van der Waals surface area contributed by atoms with Crippen LogP contribution >= 0.6 is 0 Å². The number of hydrogen-bond acceptors (Lipinski definition) is 7. The summed E-state index contributed by atoms with van der Waals surface area (Å²) in [5.41, 5.74) is 3.07. The highest BCUT2D eigenvalue weighted by Crippen LogP contribution is 2.39. The maximum atomic E-state index is 13.5. The Morgan fingerprint density at radius 2 is 1.97 bits per heavy atom. The highest BCUT2D eigenvalue weighted by molar-refractivity contribution is 5.87. The van der Waals surface area contributed by atoms with Gasteiger partial charge in [0.05, 0.1) is 26.2 Å². The van der Waals surface area contributed by atoms with Crippen LogP contribution < -0.4 is 20.2 Å². The van der Waals surface area contributed by atoms with Gasteiger partial charge in [0.15, 0.2) is 17.3 Å². The lowest BCUT2D eigenvalue weighted by Crippen LogP contribution is -2.32. The summed E-state index contributed by atoms with van der Waals surface area (Å²) in [5.74, 6) is -0.425. The van der Waals surface area contributed by atoms with Gasteiger partial charge in [0.1, 0.15) is 11.5 Å². The average molecular weight is 519 g/mol. The molecule has 2 aromatic heterocycles. The van der Waals surface area contributed by atoms with E-state index in [-0.39, 0.29) is 35.6 Å². The van der Waals surface area contributed by atoms with Crippen LogP contribution in [0.25, 0.3) is 10.9 Å². The van der Waals surface area contributed by atoms with Crippen molar-refractivity contribution < 1.29 is 28.9 Å². The Balaban J connectivity index is 1.47.